The van der Waals surface area contributed by atoms with E-state index in [0.29, 0.717) is 24.1 Å². The molecule has 0 saturated carbocycles. The average molecular weight is 383 g/mol. The van der Waals surface area contributed by atoms with Gasteiger partial charge in [0.2, 0.25) is 5.91 Å². The Kier molecular flexibility index (Phi) is 5.43. The summed E-state index contributed by atoms with van der Waals surface area (Å²) in [7, 11) is 0. The molecular formula is C21H25N3O4. The summed E-state index contributed by atoms with van der Waals surface area (Å²) in [6.45, 7) is 2.79. The van der Waals surface area contributed by atoms with E-state index in [1.807, 2.05) is 29.2 Å². The first-order chi connectivity index (χ1) is 13.6. The number of fused-ring (bicyclic) bond motifs is 1. The molecule has 148 valence electrons. The first-order valence-corrected chi connectivity index (χ1v) is 9.93. The van der Waals surface area contributed by atoms with Crippen molar-refractivity contribution in [2.75, 3.05) is 26.2 Å². The van der Waals surface area contributed by atoms with Gasteiger partial charge >= 0.3 is 0 Å². The minimum absolute atomic E-state index is 0.0174. The standard InChI is InChI=1S/C21H25N3O4/c25-19(23-9-3-4-10-23)14-24-13-17(16-7-1-2-8-18(16)24)20(26)21(27)22-12-15-6-5-11-28-15/h1-2,7-8,13,15H,3-6,9-12,14H2,(H,22,27). The van der Waals surface area contributed by atoms with Gasteiger partial charge in [0.15, 0.2) is 0 Å². The van der Waals surface area contributed by atoms with Gasteiger partial charge in [-0.1, -0.05) is 18.2 Å². The molecule has 1 N–H and O–H groups in total. The van der Waals surface area contributed by atoms with Crippen LogP contribution in [0.1, 0.15) is 36.0 Å². The highest BCUT2D eigenvalue weighted by atomic mass is 16.5. The Morgan fingerprint density at radius 1 is 1.11 bits per heavy atom. The number of hydrogen-bond donors (Lipinski definition) is 1. The second-order valence-electron chi connectivity index (χ2n) is 7.45. The number of benzene rings is 1. The van der Waals surface area contributed by atoms with Crippen molar-refractivity contribution in [3.05, 3.63) is 36.0 Å². The normalized spacial score (nSPS) is 19.3. The molecule has 2 aliphatic heterocycles. The molecule has 0 aliphatic carbocycles. The number of carbonyl (C=O) groups is 3. The fourth-order valence-corrected chi connectivity index (χ4v) is 3.99. The van der Waals surface area contributed by atoms with E-state index in [2.05, 4.69) is 5.32 Å². The molecule has 0 bridgehead atoms. The molecule has 3 heterocycles. The molecule has 7 nitrogen and oxygen atoms in total. The third kappa shape index (κ3) is 3.80. The number of Topliss-reactive ketones (excluding diaryl/α,β-unsaturated/α-hetero) is 1. The average Bonchev–Trinajstić information content (AvgIpc) is 3.46. The van der Waals surface area contributed by atoms with E-state index in [9.17, 15) is 14.4 Å². The molecular weight excluding hydrogens is 358 g/mol. The summed E-state index contributed by atoms with van der Waals surface area (Å²) in [6.07, 6.45) is 5.56. The first-order valence-electron chi connectivity index (χ1n) is 9.93. The van der Waals surface area contributed by atoms with Gasteiger partial charge in [0.25, 0.3) is 11.7 Å². The number of carbonyl (C=O) groups excluding carboxylic acids is 3. The van der Waals surface area contributed by atoms with Crippen LogP contribution in [0, 0.1) is 0 Å². The number of nitrogens with zero attached hydrogens (tertiary/aromatic N) is 2. The molecule has 1 aromatic heterocycles. The van der Waals surface area contributed by atoms with Crippen LogP contribution in [-0.4, -0.2) is 59.4 Å². The number of ether oxygens (including phenoxy) is 1. The first kappa shape index (κ1) is 18.7. The summed E-state index contributed by atoms with van der Waals surface area (Å²) in [5.74, 6) is -1.18. The number of nitrogens with one attached hydrogen (secondary N) is 1. The van der Waals surface area contributed by atoms with Crippen molar-refractivity contribution >= 4 is 28.5 Å². The molecule has 1 unspecified atom stereocenters. The lowest BCUT2D eigenvalue weighted by Gasteiger charge is -2.15. The number of likely N-dealkylation sites (tertiary alicyclic amines) is 1. The number of rotatable bonds is 6. The summed E-state index contributed by atoms with van der Waals surface area (Å²) in [5, 5.41) is 3.37. The molecule has 7 heteroatoms. The van der Waals surface area contributed by atoms with E-state index in [1.165, 1.54) is 0 Å². The van der Waals surface area contributed by atoms with Crippen molar-refractivity contribution in [3.8, 4) is 0 Å². The molecule has 2 saturated heterocycles. The summed E-state index contributed by atoms with van der Waals surface area (Å²) in [5.41, 5.74) is 1.11. The van der Waals surface area contributed by atoms with E-state index < -0.39 is 11.7 Å². The molecule has 0 radical (unpaired) electrons. The Balaban J connectivity index is 1.52. The predicted molar refractivity (Wildman–Crippen MR) is 104 cm³/mol. The quantitative estimate of drug-likeness (QED) is 0.609. The van der Waals surface area contributed by atoms with Crippen molar-refractivity contribution in [3.63, 3.8) is 0 Å². The van der Waals surface area contributed by atoms with Crippen LogP contribution < -0.4 is 5.32 Å². The topological polar surface area (TPSA) is 80.6 Å². The van der Waals surface area contributed by atoms with Crippen molar-refractivity contribution in [2.45, 2.75) is 38.3 Å². The number of aromatic nitrogens is 1. The van der Waals surface area contributed by atoms with Crippen molar-refractivity contribution in [1.82, 2.24) is 14.8 Å². The third-order valence-corrected chi connectivity index (χ3v) is 5.52. The monoisotopic (exact) mass is 383 g/mol. The van der Waals surface area contributed by atoms with Crippen LogP contribution in [0.2, 0.25) is 0 Å². The highest BCUT2D eigenvalue weighted by Crippen LogP contribution is 2.23. The van der Waals surface area contributed by atoms with E-state index in [1.54, 1.807) is 10.8 Å². The maximum atomic E-state index is 12.8. The van der Waals surface area contributed by atoms with Gasteiger partial charge in [-0.3, -0.25) is 14.4 Å². The van der Waals surface area contributed by atoms with Crippen LogP contribution in [0.5, 0.6) is 0 Å². The number of hydrogen-bond acceptors (Lipinski definition) is 4. The molecule has 0 spiro atoms. The highest BCUT2D eigenvalue weighted by Gasteiger charge is 2.25. The van der Waals surface area contributed by atoms with Crippen LogP contribution in [0.15, 0.2) is 30.5 Å². The second kappa shape index (κ2) is 8.14. The van der Waals surface area contributed by atoms with Crippen molar-refractivity contribution in [2.24, 2.45) is 0 Å². The Bertz CT molecular complexity index is 892. The van der Waals surface area contributed by atoms with Crippen LogP contribution in [0.3, 0.4) is 0 Å². The van der Waals surface area contributed by atoms with Crippen LogP contribution in [0.25, 0.3) is 10.9 Å². The third-order valence-electron chi connectivity index (χ3n) is 5.52. The van der Waals surface area contributed by atoms with E-state index in [4.69, 9.17) is 4.74 Å². The smallest absolute Gasteiger partial charge is 0.292 e. The minimum Gasteiger partial charge on any atom is -0.376 e. The second-order valence-corrected chi connectivity index (χ2v) is 7.45. The Morgan fingerprint density at radius 3 is 2.64 bits per heavy atom. The zero-order chi connectivity index (χ0) is 19.5. The summed E-state index contributed by atoms with van der Waals surface area (Å²) < 4.78 is 7.26. The summed E-state index contributed by atoms with van der Waals surface area (Å²) in [6, 6.07) is 7.38. The molecule has 2 aromatic rings. The van der Waals surface area contributed by atoms with Crippen molar-refractivity contribution in [1.29, 1.82) is 0 Å². The van der Waals surface area contributed by atoms with Gasteiger partial charge in [0.05, 0.1) is 11.7 Å². The SMILES string of the molecule is O=C(NCC1CCCO1)C(=O)c1cn(CC(=O)N2CCCC2)c2ccccc12. The zero-order valence-corrected chi connectivity index (χ0v) is 15.9. The van der Waals surface area contributed by atoms with Crippen molar-refractivity contribution < 1.29 is 19.1 Å². The number of amides is 2. The molecule has 1 aromatic carbocycles. The maximum Gasteiger partial charge on any atom is 0.292 e. The number of ketones is 1. The maximum absolute atomic E-state index is 12.8. The molecule has 2 fully saturated rings. The Labute approximate surface area is 163 Å². The lowest BCUT2D eigenvalue weighted by atomic mass is 10.1. The lowest BCUT2D eigenvalue weighted by molar-refractivity contribution is -0.130. The van der Waals surface area contributed by atoms with Gasteiger partial charge in [-0.2, -0.15) is 0 Å². The highest BCUT2D eigenvalue weighted by molar-refractivity contribution is 6.45. The number of para-hydroxylation sites is 1. The predicted octanol–water partition coefficient (Wildman–Crippen LogP) is 1.74. The molecule has 4 rings (SSSR count). The zero-order valence-electron chi connectivity index (χ0n) is 15.9. The molecule has 1 atom stereocenters. The van der Waals surface area contributed by atoms with Gasteiger partial charge in [-0.05, 0) is 31.7 Å². The van der Waals surface area contributed by atoms with Gasteiger partial charge < -0.3 is 19.5 Å². The van der Waals surface area contributed by atoms with E-state index >= 15 is 0 Å². The van der Waals surface area contributed by atoms with Crippen LogP contribution >= 0.6 is 0 Å². The lowest BCUT2D eigenvalue weighted by Crippen LogP contribution is -2.36. The van der Waals surface area contributed by atoms with Gasteiger partial charge in [-0.15, -0.1) is 0 Å². The fourth-order valence-electron chi connectivity index (χ4n) is 3.99. The van der Waals surface area contributed by atoms with Crippen LogP contribution in [-0.2, 0) is 20.9 Å². The van der Waals surface area contributed by atoms with E-state index in [-0.39, 0.29) is 18.6 Å². The molecule has 2 amide bonds. The van der Waals surface area contributed by atoms with E-state index in [0.717, 1.165) is 44.3 Å². The summed E-state index contributed by atoms with van der Waals surface area (Å²) in [4.78, 5) is 39.5. The Hall–Kier alpha value is -2.67. The summed E-state index contributed by atoms with van der Waals surface area (Å²) >= 11 is 0. The molecule has 2 aliphatic rings. The fraction of sp³-hybridized carbons (Fsp3) is 0.476. The largest absolute Gasteiger partial charge is 0.376 e. The molecule has 28 heavy (non-hydrogen) atoms. The Morgan fingerprint density at radius 2 is 1.89 bits per heavy atom. The van der Waals surface area contributed by atoms with Gasteiger partial charge in [0.1, 0.15) is 6.54 Å². The van der Waals surface area contributed by atoms with Gasteiger partial charge in [-0.25, -0.2) is 0 Å². The van der Waals surface area contributed by atoms with Gasteiger partial charge in [0, 0.05) is 43.3 Å². The minimum atomic E-state index is -0.635. The van der Waals surface area contributed by atoms with Crippen LogP contribution in [0.4, 0.5) is 0 Å².